The summed E-state index contributed by atoms with van der Waals surface area (Å²) in [7, 11) is 0. The van der Waals surface area contributed by atoms with Crippen LogP contribution in [0.2, 0.25) is 0 Å². The number of fused-ring (bicyclic) bond motifs is 1. The van der Waals surface area contributed by atoms with Gasteiger partial charge in [0.25, 0.3) is 0 Å². The number of nitrogens with zero attached hydrogens (tertiary/aromatic N) is 2. The van der Waals surface area contributed by atoms with Crippen molar-refractivity contribution >= 4 is 0 Å². The third kappa shape index (κ3) is 1.37. The summed E-state index contributed by atoms with van der Waals surface area (Å²) in [5.41, 5.74) is 1.88. The molecule has 0 spiro atoms. The van der Waals surface area contributed by atoms with Crippen molar-refractivity contribution in [1.82, 2.24) is 15.2 Å². The minimum atomic E-state index is -0.810. The molecular weight excluding hydrogens is 206 g/mol. The zero-order valence-corrected chi connectivity index (χ0v) is 8.55. The number of aliphatic hydroxyl groups excluding tert-OH is 1. The van der Waals surface area contributed by atoms with Crippen LogP contribution in [0, 0.1) is 0 Å². The maximum Gasteiger partial charge on any atom is 0.157 e. The molecule has 5 heteroatoms. The maximum atomic E-state index is 10.1. The van der Waals surface area contributed by atoms with Crippen LogP contribution in [0.3, 0.4) is 0 Å². The van der Waals surface area contributed by atoms with Gasteiger partial charge in [-0.25, -0.2) is 4.98 Å². The Morgan fingerprint density at radius 2 is 2.38 bits per heavy atom. The Morgan fingerprint density at radius 1 is 1.44 bits per heavy atom. The van der Waals surface area contributed by atoms with Crippen molar-refractivity contribution in [3.05, 3.63) is 41.5 Å². The molecule has 3 rings (SSSR count). The first-order valence-corrected chi connectivity index (χ1v) is 5.14. The Morgan fingerprint density at radius 3 is 3.19 bits per heavy atom. The summed E-state index contributed by atoms with van der Waals surface area (Å²) in [4.78, 5) is 3.95. The molecular formula is C11H11N3O2. The molecule has 0 saturated carbocycles. The molecule has 0 bridgehead atoms. The minimum Gasteiger partial charge on any atom is -0.493 e. The van der Waals surface area contributed by atoms with Crippen LogP contribution in [0.15, 0.2) is 24.5 Å². The summed E-state index contributed by atoms with van der Waals surface area (Å²) in [6.07, 6.45) is 1.46. The fourth-order valence-electron chi connectivity index (χ4n) is 1.95. The molecule has 1 unspecified atom stereocenters. The van der Waals surface area contributed by atoms with E-state index in [1.165, 1.54) is 6.33 Å². The van der Waals surface area contributed by atoms with E-state index in [2.05, 4.69) is 15.2 Å². The number of aliphatic hydroxyl groups is 1. The molecule has 2 aromatic rings. The van der Waals surface area contributed by atoms with E-state index in [1.807, 2.05) is 18.2 Å². The SMILES string of the molecule is OC(c1ncn[nH]1)c1cccc2c1OCC2. The standard InChI is InChI=1S/C11H11N3O2/c15-9(11-12-6-13-14-11)8-3-1-2-7-4-5-16-10(7)8/h1-3,6,9,15H,4-5H2,(H,12,13,14). The Balaban J connectivity index is 2.04. The van der Waals surface area contributed by atoms with Gasteiger partial charge in [-0.15, -0.1) is 0 Å². The summed E-state index contributed by atoms with van der Waals surface area (Å²) in [5, 5.41) is 16.5. The van der Waals surface area contributed by atoms with E-state index in [0.717, 1.165) is 23.3 Å². The average Bonchev–Trinajstić information content (AvgIpc) is 2.98. The smallest absolute Gasteiger partial charge is 0.157 e. The number of ether oxygens (including phenoxy) is 1. The lowest BCUT2D eigenvalue weighted by Crippen LogP contribution is -2.04. The lowest BCUT2D eigenvalue weighted by molar-refractivity contribution is 0.204. The number of rotatable bonds is 2. The van der Waals surface area contributed by atoms with Gasteiger partial charge in [-0.05, 0) is 5.56 Å². The van der Waals surface area contributed by atoms with Gasteiger partial charge in [0.1, 0.15) is 18.2 Å². The van der Waals surface area contributed by atoms with Crippen LogP contribution in [0.25, 0.3) is 0 Å². The van der Waals surface area contributed by atoms with Gasteiger partial charge in [0.05, 0.1) is 6.61 Å². The molecule has 0 amide bonds. The van der Waals surface area contributed by atoms with Crippen molar-refractivity contribution in [2.45, 2.75) is 12.5 Å². The minimum absolute atomic E-state index is 0.434. The van der Waals surface area contributed by atoms with Crippen LogP contribution in [0.5, 0.6) is 5.75 Å². The van der Waals surface area contributed by atoms with Gasteiger partial charge in [0, 0.05) is 12.0 Å². The highest BCUT2D eigenvalue weighted by Crippen LogP contribution is 2.34. The Labute approximate surface area is 92.1 Å². The average molecular weight is 217 g/mol. The fraction of sp³-hybridized carbons (Fsp3) is 0.273. The highest BCUT2D eigenvalue weighted by atomic mass is 16.5. The monoisotopic (exact) mass is 217 g/mol. The topological polar surface area (TPSA) is 71.0 Å². The highest BCUT2D eigenvalue weighted by Gasteiger charge is 2.23. The van der Waals surface area contributed by atoms with Crippen molar-refractivity contribution in [2.24, 2.45) is 0 Å². The van der Waals surface area contributed by atoms with Crippen molar-refractivity contribution in [3.63, 3.8) is 0 Å². The van der Waals surface area contributed by atoms with Gasteiger partial charge in [-0.3, -0.25) is 5.10 Å². The molecule has 5 nitrogen and oxygen atoms in total. The van der Waals surface area contributed by atoms with Gasteiger partial charge >= 0.3 is 0 Å². The van der Waals surface area contributed by atoms with Gasteiger partial charge in [-0.2, -0.15) is 5.10 Å². The number of H-pyrrole nitrogens is 1. The third-order valence-corrected chi connectivity index (χ3v) is 2.73. The quantitative estimate of drug-likeness (QED) is 0.781. The number of benzene rings is 1. The molecule has 1 atom stereocenters. The van der Waals surface area contributed by atoms with Crippen LogP contribution in [0.4, 0.5) is 0 Å². The third-order valence-electron chi connectivity index (χ3n) is 2.73. The van der Waals surface area contributed by atoms with Crippen LogP contribution in [-0.2, 0) is 6.42 Å². The van der Waals surface area contributed by atoms with E-state index < -0.39 is 6.10 Å². The molecule has 82 valence electrons. The molecule has 0 aliphatic carbocycles. The van der Waals surface area contributed by atoms with E-state index in [0.29, 0.717) is 12.4 Å². The van der Waals surface area contributed by atoms with E-state index in [-0.39, 0.29) is 0 Å². The number of para-hydroxylation sites is 1. The number of aromatic amines is 1. The molecule has 1 aromatic heterocycles. The van der Waals surface area contributed by atoms with Crippen molar-refractivity contribution in [3.8, 4) is 5.75 Å². The maximum absolute atomic E-state index is 10.1. The second-order valence-electron chi connectivity index (χ2n) is 3.71. The molecule has 2 heterocycles. The first-order valence-electron chi connectivity index (χ1n) is 5.14. The number of hydrogen-bond acceptors (Lipinski definition) is 4. The van der Waals surface area contributed by atoms with E-state index in [9.17, 15) is 5.11 Å². The predicted molar refractivity (Wildman–Crippen MR) is 56.1 cm³/mol. The normalized spacial score (nSPS) is 15.6. The van der Waals surface area contributed by atoms with E-state index >= 15 is 0 Å². The second-order valence-corrected chi connectivity index (χ2v) is 3.71. The van der Waals surface area contributed by atoms with Crippen LogP contribution < -0.4 is 4.74 Å². The van der Waals surface area contributed by atoms with Crippen LogP contribution in [0.1, 0.15) is 23.1 Å². The zero-order chi connectivity index (χ0) is 11.0. The fourth-order valence-corrected chi connectivity index (χ4v) is 1.95. The molecule has 1 aliphatic rings. The van der Waals surface area contributed by atoms with Crippen molar-refractivity contribution in [2.75, 3.05) is 6.61 Å². The van der Waals surface area contributed by atoms with Crippen molar-refractivity contribution < 1.29 is 9.84 Å². The molecule has 1 aliphatic heterocycles. The van der Waals surface area contributed by atoms with Gasteiger partial charge in [0.2, 0.25) is 0 Å². The largest absolute Gasteiger partial charge is 0.493 e. The lowest BCUT2D eigenvalue weighted by Gasteiger charge is -2.11. The summed E-state index contributed by atoms with van der Waals surface area (Å²) >= 11 is 0. The Hall–Kier alpha value is -1.88. The number of nitrogens with one attached hydrogen (secondary N) is 1. The summed E-state index contributed by atoms with van der Waals surface area (Å²) in [6.45, 7) is 0.676. The second kappa shape index (κ2) is 3.61. The van der Waals surface area contributed by atoms with E-state index in [1.54, 1.807) is 0 Å². The molecule has 16 heavy (non-hydrogen) atoms. The zero-order valence-electron chi connectivity index (χ0n) is 8.55. The van der Waals surface area contributed by atoms with E-state index in [4.69, 9.17) is 4.74 Å². The summed E-state index contributed by atoms with van der Waals surface area (Å²) in [5.74, 6) is 1.22. The molecule has 0 saturated heterocycles. The van der Waals surface area contributed by atoms with Gasteiger partial charge < -0.3 is 9.84 Å². The van der Waals surface area contributed by atoms with Gasteiger partial charge in [-0.1, -0.05) is 18.2 Å². The van der Waals surface area contributed by atoms with Crippen LogP contribution in [-0.4, -0.2) is 26.9 Å². The summed E-state index contributed by atoms with van der Waals surface area (Å²) < 4.78 is 5.53. The summed E-state index contributed by atoms with van der Waals surface area (Å²) in [6, 6.07) is 5.78. The molecule has 1 aromatic carbocycles. The van der Waals surface area contributed by atoms with Gasteiger partial charge in [0.15, 0.2) is 5.82 Å². The van der Waals surface area contributed by atoms with Crippen LogP contribution >= 0.6 is 0 Å². The molecule has 0 fully saturated rings. The first-order chi connectivity index (χ1) is 7.86. The van der Waals surface area contributed by atoms with Crippen molar-refractivity contribution in [1.29, 1.82) is 0 Å². The lowest BCUT2D eigenvalue weighted by atomic mass is 10.0. The highest BCUT2D eigenvalue weighted by molar-refractivity contribution is 5.46. The number of aromatic nitrogens is 3. The predicted octanol–water partition coefficient (Wildman–Crippen LogP) is 0.821. The molecule has 0 radical (unpaired) electrons. The Kier molecular flexibility index (Phi) is 2.11. The molecule has 2 N–H and O–H groups in total. The Bertz CT molecular complexity index is 496. The first kappa shape index (κ1) is 9.35. The number of hydrogen-bond donors (Lipinski definition) is 2.